The summed E-state index contributed by atoms with van der Waals surface area (Å²) >= 11 is 1.43. The van der Waals surface area contributed by atoms with Crippen LogP contribution in [0, 0.1) is 0 Å². The lowest BCUT2D eigenvalue weighted by molar-refractivity contribution is -0.923. The molecule has 2 amide bonds. The summed E-state index contributed by atoms with van der Waals surface area (Å²) in [6.45, 7) is 1.13. The van der Waals surface area contributed by atoms with Crippen molar-refractivity contribution in [3.8, 4) is 5.75 Å². The number of fused-ring (bicyclic) bond motifs is 1. The second kappa shape index (κ2) is 13.6. The van der Waals surface area contributed by atoms with Crippen LogP contribution in [0.3, 0.4) is 0 Å². The zero-order chi connectivity index (χ0) is 26.8. The first-order valence-electron chi connectivity index (χ1n) is 12.0. The average molecular weight is 537 g/mol. The average Bonchev–Trinajstić information content (AvgIpc) is 2.90. The number of allylic oxidation sites excluding steroid dienone is 1. The molecule has 4 N–H and O–H groups in total. The van der Waals surface area contributed by atoms with Crippen LogP contribution in [0.2, 0.25) is 0 Å². The highest BCUT2D eigenvalue weighted by Crippen LogP contribution is 2.41. The first-order chi connectivity index (χ1) is 17.9. The number of hydrogen-bond donors (Lipinski definition) is 4. The summed E-state index contributed by atoms with van der Waals surface area (Å²) in [6.07, 6.45) is 4.04. The van der Waals surface area contributed by atoms with Gasteiger partial charge in [-0.2, -0.15) is 0 Å². The Labute approximate surface area is 219 Å². The van der Waals surface area contributed by atoms with Crippen LogP contribution in [0.4, 0.5) is 0 Å². The van der Waals surface area contributed by atoms with Crippen LogP contribution in [0.15, 0.2) is 47.7 Å². The Morgan fingerprint density at radius 3 is 2.38 bits per heavy atom. The van der Waals surface area contributed by atoms with Crippen molar-refractivity contribution in [2.45, 2.75) is 18.0 Å². The van der Waals surface area contributed by atoms with E-state index in [9.17, 15) is 29.7 Å². The van der Waals surface area contributed by atoms with Gasteiger partial charge in [-0.15, -0.1) is 11.8 Å². The summed E-state index contributed by atoms with van der Waals surface area (Å²) in [5.74, 6) is 0.0444. The molecular formula is C25H34N3O8S+. The predicted molar refractivity (Wildman–Crippen MR) is 136 cm³/mol. The number of quaternary nitrogens is 1. The standard InChI is InChI=1S/C25H33N3O8S/c1-35-20-6-4-18(5-7-20)15-36-25(34)22-19(16-37-24-21(26-17-32)23(33)27(22)24)3-2-8-28(9-12-29,10-13-30)11-14-31/h2-7,17,21,24,29-31H,8-16H2,1H3/p+1/b3-2+/t21-,24-/m1/s1. The number of aliphatic hydroxyl groups is 3. The molecular weight excluding hydrogens is 502 g/mol. The molecule has 1 aromatic carbocycles. The van der Waals surface area contributed by atoms with Gasteiger partial charge in [0.2, 0.25) is 6.41 Å². The van der Waals surface area contributed by atoms with Crippen LogP contribution in [-0.4, -0.2) is 113 Å². The monoisotopic (exact) mass is 536 g/mol. The zero-order valence-corrected chi connectivity index (χ0v) is 21.6. The fourth-order valence-electron chi connectivity index (χ4n) is 4.46. The smallest absolute Gasteiger partial charge is 0.355 e. The minimum Gasteiger partial charge on any atom is -0.497 e. The molecule has 0 unspecified atom stereocenters. The molecule has 0 aliphatic carbocycles. The van der Waals surface area contributed by atoms with Crippen molar-refractivity contribution in [3.05, 3.63) is 53.3 Å². The molecule has 0 bridgehead atoms. The molecule has 0 aromatic heterocycles. The third kappa shape index (κ3) is 6.70. The van der Waals surface area contributed by atoms with Gasteiger partial charge in [0.25, 0.3) is 5.91 Å². The molecule has 1 fully saturated rings. The van der Waals surface area contributed by atoms with E-state index in [-0.39, 0.29) is 36.6 Å². The fourth-order valence-corrected chi connectivity index (χ4v) is 5.79. The minimum absolute atomic E-state index is 0.00266. The van der Waals surface area contributed by atoms with E-state index in [1.54, 1.807) is 37.5 Å². The fraction of sp³-hybridized carbons (Fsp3) is 0.480. The Balaban J connectivity index is 1.84. The number of esters is 1. The minimum atomic E-state index is -0.708. The molecule has 3 rings (SSSR count). The molecule has 2 aliphatic heterocycles. The van der Waals surface area contributed by atoms with E-state index >= 15 is 0 Å². The maximum Gasteiger partial charge on any atom is 0.355 e. The van der Waals surface area contributed by atoms with Crippen LogP contribution in [-0.2, 0) is 25.7 Å². The van der Waals surface area contributed by atoms with E-state index < -0.39 is 23.3 Å². The van der Waals surface area contributed by atoms with Gasteiger partial charge in [-0.05, 0) is 29.3 Å². The van der Waals surface area contributed by atoms with Crippen molar-refractivity contribution in [3.63, 3.8) is 0 Å². The summed E-state index contributed by atoms with van der Waals surface area (Å²) in [6, 6.07) is 6.37. The summed E-state index contributed by atoms with van der Waals surface area (Å²) in [5, 5.41) is 30.6. The Hall–Kier alpha value is -2.90. The third-order valence-corrected chi connectivity index (χ3v) is 7.80. The number of aliphatic hydroxyl groups excluding tert-OH is 3. The topological polar surface area (TPSA) is 146 Å². The van der Waals surface area contributed by atoms with Gasteiger partial charge in [0.1, 0.15) is 49.1 Å². The van der Waals surface area contributed by atoms with Gasteiger partial charge in [0, 0.05) is 5.75 Å². The maximum absolute atomic E-state index is 13.2. The molecule has 0 spiro atoms. The van der Waals surface area contributed by atoms with Crippen LogP contribution >= 0.6 is 11.8 Å². The lowest BCUT2D eigenvalue weighted by atomic mass is 10.0. The summed E-state index contributed by atoms with van der Waals surface area (Å²) in [5.41, 5.74) is 1.48. The molecule has 1 saturated heterocycles. The lowest BCUT2D eigenvalue weighted by Gasteiger charge is -2.49. The van der Waals surface area contributed by atoms with Gasteiger partial charge in [0.15, 0.2) is 0 Å². The zero-order valence-electron chi connectivity index (χ0n) is 20.7. The second-order valence-corrected chi connectivity index (χ2v) is 9.84. The Morgan fingerprint density at radius 2 is 1.81 bits per heavy atom. The summed E-state index contributed by atoms with van der Waals surface area (Å²) < 4.78 is 11.0. The number of thioether (sulfide) groups is 1. The van der Waals surface area contributed by atoms with Gasteiger partial charge in [-0.3, -0.25) is 14.5 Å². The number of hydrogen-bond acceptors (Lipinski definition) is 9. The maximum atomic E-state index is 13.2. The molecule has 2 heterocycles. The van der Waals surface area contributed by atoms with Crippen molar-refractivity contribution in [2.24, 2.45) is 0 Å². The largest absolute Gasteiger partial charge is 0.497 e. The number of β-lactam (4-membered cyclic amide) rings is 1. The highest BCUT2D eigenvalue weighted by Gasteiger charge is 2.53. The van der Waals surface area contributed by atoms with Crippen molar-refractivity contribution in [1.82, 2.24) is 10.2 Å². The quantitative estimate of drug-likeness (QED) is 0.0996. The molecule has 0 saturated carbocycles. The molecule has 2 atom stereocenters. The predicted octanol–water partition coefficient (Wildman–Crippen LogP) is -0.628. The van der Waals surface area contributed by atoms with E-state index in [1.807, 2.05) is 6.08 Å². The number of carbonyl (C=O) groups is 3. The highest BCUT2D eigenvalue weighted by molar-refractivity contribution is 8.00. The van der Waals surface area contributed by atoms with E-state index in [2.05, 4.69) is 5.32 Å². The van der Waals surface area contributed by atoms with E-state index in [1.165, 1.54) is 16.7 Å². The van der Waals surface area contributed by atoms with Crippen molar-refractivity contribution in [2.75, 3.05) is 58.9 Å². The first kappa shape index (κ1) is 28.7. The SMILES string of the molecule is COc1ccc(COC(=O)C2=C(/C=C/C[N+](CCO)(CCO)CCO)CS[C@@H]3[C@H](NC=O)C(=O)N23)cc1. The Kier molecular flexibility index (Phi) is 10.5. The molecule has 12 heteroatoms. The summed E-state index contributed by atoms with van der Waals surface area (Å²) in [7, 11) is 1.56. The number of ether oxygens (including phenoxy) is 2. The van der Waals surface area contributed by atoms with Gasteiger partial charge in [-0.25, -0.2) is 4.79 Å². The van der Waals surface area contributed by atoms with Crippen LogP contribution in [0.25, 0.3) is 0 Å². The number of nitrogens with one attached hydrogen (secondary N) is 1. The van der Waals surface area contributed by atoms with E-state index in [0.29, 0.717) is 49.7 Å². The number of methoxy groups -OCH3 is 1. The first-order valence-corrected chi connectivity index (χ1v) is 13.0. The van der Waals surface area contributed by atoms with Crippen LogP contribution in [0.5, 0.6) is 5.75 Å². The van der Waals surface area contributed by atoms with Crippen LogP contribution in [0.1, 0.15) is 5.56 Å². The van der Waals surface area contributed by atoms with Gasteiger partial charge >= 0.3 is 5.97 Å². The second-order valence-electron chi connectivity index (χ2n) is 8.74. The number of carbonyl (C=O) groups excluding carboxylic acids is 3. The number of rotatable bonds is 15. The Bertz CT molecular complexity index is 997. The van der Waals surface area contributed by atoms with Crippen molar-refractivity contribution in [1.29, 1.82) is 0 Å². The Morgan fingerprint density at radius 1 is 1.16 bits per heavy atom. The van der Waals surface area contributed by atoms with E-state index in [0.717, 1.165) is 5.56 Å². The lowest BCUT2D eigenvalue weighted by Crippen LogP contribution is -2.69. The molecule has 37 heavy (non-hydrogen) atoms. The summed E-state index contributed by atoms with van der Waals surface area (Å²) in [4.78, 5) is 38.3. The number of nitrogens with zero attached hydrogens (tertiary/aromatic N) is 2. The van der Waals surface area contributed by atoms with Crippen molar-refractivity contribution < 1.29 is 43.7 Å². The van der Waals surface area contributed by atoms with Gasteiger partial charge in [0.05, 0.1) is 33.5 Å². The van der Waals surface area contributed by atoms with E-state index in [4.69, 9.17) is 9.47 Å². The highest BCUT2D eigenvalue weighted by atomic mass is 32.2. The molecule has 0 radical (unpaired) electrons. The van der Waals surface area contributed by atoms with Crippen LogP contribution < -0.4 is 10.1 Å². The van der Waals surface area contributed by atoms with Gasteiger partial charge in [-0.1, -0.05) is 18.2 Å². The number of amides is 2. The molecule has 202 valence electrons. The molecule has 2 aliphatic rings. The molecule has 11 nitrogen and oxygen atoms in total. The molecule has 1 aromatic rings. The number of benzene rings is 1. The van der Waals surface area contributed by atoms with Gasteiger partial charge < -0.3 is 34.6 Å². The van der Waals surface area contributed by atoms with Crippen molar-refractivity contribution >= 4 is 30.0 Å². The normalized spacial score (nSPS) is 19.5. The third-order valence-electron chi connectivity index (χ3n) is 6.50.